The first-order chi connectivity index (χ1) is 10.8. The van der Waals surface area contributed by atoms with Gasteiger partial charge in [0.15, 0.2) is 0 Å². The second kappa shape index (κ2) is 5.94. The van der Waals surface area contributed by atoms with Gasteiger partial charge in [-0.2, -0.15) is 13.2 Å². The number of alkyl halides is 3. The minimum atomic E-state index is -4.49. The van der Waals surface area contributed by atoms with Crippen molar-refractivity contribution < 1.29 is 21.6 Å². The molecule has 128 valence electrons. The molecule has 1 unspecified atom stereocenters. The van der Waals surface area contributed by atoms with E-state index in [2.05, 4.69) is 9.71 Å². The van der Waals surface area contributed by atoms with Crippen molar-refractivity contribution in [2.75, 3.05) is 18.0 Å². The van der Waals surface area contributed by atoms with E-state index in [4.69, 9.17) is 0 Å². The summed E-state index contributed by atoms with van der Waals surface area (Å²) in [4.78, 5) is 5.13. The molecule has 1 N–H and O–H groups in total. The van der Waals surface area contributed by atoms with Gasteiger partial charge in [-0.25, -0.2) is 13.1 Å². The minimum Gasteiger partial charge on any atom is -0.370 e. The van der Waals surface area contributed by atoms with Crippen LogP contribution in [0.25, 0.3) is 0 Å². The molecule has 0 radical (unpaired) electrons. The number of hydrogen-bond donors (Lipinski definition) is 1. The number of nitrogens with one attached hydrogen (secondary N) is 1. The van der Waals surface area contributed by atoms with Crippen LogP contribution in [0.15, 0.2) is 18.3 Å². The third-order valence-corrected chi connectivity index (χ3v) is 6.13. The van der Waals surface area contributed by atoms with Gasteiger partial charge in [0, 0.05) is 31.0 Å². The lowest BCUT2D eigenvalue weighted by molar-refractivity contribution is -0.141. The predicted molar refractivity (Wildman–Crippen MR) is 79.6 cm³/mol. The number of halogens is 3. The molecule has 0 aromatic carbocycles. The average Bonchev–Trinajstić information content (AvgIpc) is 3.31. The van der Waals surface area contributed by atoms with Gasteiger partial charge in [0.2, 0.25) is 10.0 Å². The molecule has 3 rings (SSSR count). The Morgan fingerprint density at radius 2 is 2.00 bits per heavy atom. The number of pyridine rings is 1. The van der Waals surface area contributed by atoms with Crippen LogP contribution >= 0.6 is 0 Å². The van der Waals surface area contributed by atoms with E-state index in [0.29, 0.717) is 38.0 Å². The van der Waals surface area contributed by atoms with Crippen LogP contribution in [-0.4, -0.2) is 37.8 Å². The van der Waals surface area contributed by atoms with Gasteiger partial charge in [-0.05, 0) is 37.8 Å². The van der Waals surface area contributed by atoms with Crippen LogP contribution in [0.4, 0.5) is 18.9 Å². The van der Waals surface area contributed by atoms with E-state index >= 15 is 0 Å². The number of rotatable bonds is 4. The second-order valence-corrected chi connectivity index (χ2v) is 8.04. The van der Waals surface area contributed by atoms with Gasteiger partial charge in [0.1, 0.15) is 5.69 Å². The maximum atomic E-state index is 12.8. The summed E-state index contributed by atoms with van der Waals surface area (Å²) >= 11 is 0. The maximum Gasteiger partial charge on any atom is 0.433 e. The van der Waals surface area contributed by atoms with Crippen molar-refractivity contribution in [2.24, 2.45) is 0 Å². The third-order valence-electron chi connectivity index (χ3n) is 4.11. The molecule has 1 atom stereocenters. The van der Waals surface area contributed by atoms with Crippen LogP contribution in [0, 0.1) is 0 Å². The molecular weight excluding hydrogens is 331 g/mol. The van der Waals surface area contributed by atoms with Crippen molar-refractivity contribution in [3.8, 4) is 0 Å². The van der Waals surface area contributed by atoms with Crippen molar-refractivity contribution in [2.45, 2.75) is 43.2 Å². The summed E-state index contributed by atoms with van der Waals surface area (Å²) in [5, 5.41) is -0.296. The summed E-state index contributed by atoms with van der Waals surface area (Å²) < 4.78 is 65.0. The monoisotopic (exact) mass is 349 g/mol. The zero-order chi connectivity index (χ0) is 16.7. The zero-order valence-electron chi connectivity index (χ0n) is 12.4. The Balaban J connectivity index is 1.71. The summed E-state index contributed by atoms with van der Waals surface area (Å²) in [6.07, 6.45) is -0.563. The summed E-state index contributed by atoms with van der Waals surface area (Å²) in [5.41, 5.74) is -0.515. The molecule has 5 nitrogen and oxygen atoms in total. The highest BCUT2D eigenvalue weighted by atomic mass is 32.2. The Hall–Kier alpha value is -1.35. The molecule has 1 saturated heterocycles. The lowest BCUT2D eigenvalue weighted by atomic mass is 10.1. The van der Waals surface area contributed by atoms with Gasteiger partial charge in [0.05, 0.1) is 5.25 Å². The Kier molecular flexibility index (Phi) is 4.26. The van der Waals surface area contributed by atoms with Crippen molar-refractivity contribution in [3.05, 3.63) is 24.0 Å². The Morgan fingerprint density at radius 3 is 2.65 bits per heavy atom. The van der Waals surface area contributed by atoms with Crippen LogP contribution in [-0.2, 0) is 16.2 Å². The first kappa shape index (κ1) is 16.5. The van der Waals surface area contributed by atoms with Gasteiger partial charge in [0.25, 0.3) is 0 Å². The Bertz CT molecular complexity index is 674. The molecule has 2 fully saturated rings. The highest BCUT2D eigenvalue weighted by Gasteiger charge is 2.38. The highest BCUT2D eigenvalue weighted by molar-refractivity contribution is 7.90. The molecule has 9 heteroatoms. The normalized spacial score (nSPS) is 23.1. The number of sulfonamides is 1. The van der Waals surface area contributed by atoms with E-state index in [1.807, 2.05) is 0 Å². The number of nitrogens with zero attached hydrogens (tertiary/aromatic N) is 2. The summed E-state index contributed by atoms with van der Waals surface area (Å²) in [5.74, 6) is 0. The first-order valence-corrected chi connectivity index (χ1v) is 9.10. The molecule has 0 amide bonds. The van der Waals surface area contributed by atoms with Gasteiger partial charge in [-0.3, -0.25) is 4.98 Å². The SMILES string of the molecule is O=S(=O)(NC1CCCN(c2ccnc(C(F)(F)F)c2)C1)C1CC1. The number of piperidine rings is 1. The molecule has 0 bridgehead atoms. The van der Waals surface area contributed by atoms with E-state index in [0.717, 1.165) is 18.7 Å². The van der Waals surface area contributed by atoms with Crippen LogP contribution in [0.3, 0.4) is 0 Å². The van der Waals surface area contributed by atoms with Crippen LogP contribution in [0.1, 0.15) is 31.4 Å². The second-order valence-electron chi connectivity index (χ2n) is 6.04. The Morgan fingerprint density at radius 1 is 1.26 bits per heavy atom. The van der Waals surface area contributed by atoms with Gasteiger partial charge >= 0.3 is 6.18 Å². The standard InChI is InChI=1S/C14H18F3N3O2S/c15-14(16,17)13-8-11(5-6-18-13)20-7-1-2-10(9-20)19-23(21,22)12-3-4-12/h5-6,8,10,12,19H,1-4,7,9H2. The van der Waals surface area contributed by atoms with Crippen molar-refractivity contribution in [1.82, 2.24) is 9.71 Å². The Labute approximate surface area is 132 Å². The number of hydrogen-bond acceptors (Lipinski definition) is 4. The van der Waals surface area contributed by atoms with Gasteiger partial charge < -0.3 is 4.90 Å². The molecule has 23 heavy (non-hydrogen) atoms. The molecule has 2 aliphatic rings. The molecular formula is C14H18F3N3O2S. The van der Waals surface area contributed by atoms with Crippen LogP contribution in [0.2, 0.25) is 0 Å². The predicted octanol–water partition coefficient (Wildman–Crippen LogP) is 2.15. The lowest BCUT2D eigenvalue weighted by Gasteiger charge is -2.34. The highest BCUT2D eigenvalue weighted by Crippen LogP contribution is 2.31. The summed E-state index contributed by atoms with van der Waals surface area (Å²) in [6.45, 7) is 0.968. The van der Waals surface area contributed by atoms with E-state index in [1.54, 1.807) is 4.90 Å². The smallest absolute Gasteiger partial charge is 0.370 e. The van der Waals surface area contributed by atoms with E-state index < -0.39 is 21.9 Å². The van der Waals surface area contributed by atoms with Crippen molar-refractivity contribution in [3.63, 3.8) is 0 Å². The van der Waals surface area contributed by atoms with Gasteiger partial charge in [-0.15, -0.1) is 0 Å². The quantitative estimate of drug-likeness (QED) is 0.905. The maximum absolute atomic E-state index is 12.8. The molecule has 1 aliphatic carbocycles. The third kappa shape index (κ3) is 3.95. The fourth-order valence-corrected chi connectivity index (χ4v) is 4.39. The molecule has 1 aromatic rings. The molecule has 2 heterocycles. The summed E-state index contributed by atoms with van der Waals surface area (Å²) in [7, 11) is -3.29. The largest absolute Gasteiger partial charge is 0.433 e. The van der Waals surface area contributed by atoms with Crippen molar-refractivity contribution >= 4 is 15.7 Å². The molecule has 0 spiro atoms. The van der Waals surface area contributed by atoms with E-state index in [1.165, 1.54) is 6.07 Å². The lowest BCUT2D eigenvalue weighted by Crippen LogP contribution is -2.48. The molecule has 1 aromatic heterocycles. The summed E-state index contributed by atoms with van der Waals surface area (Å²) in [6, 6.07) is 2.27. The van der Waals surface area contributed by atoms with E-state index in [9.17, 15) is 21.6 Å². The zero-order valence-corrected chi connectivity index (χ0v) is 13.2. The van der Waals surface area contributed by atoms with Crippen molar-refractivity contribution in [1.29, 1.82) is 0 Å². The van der Waals surface area contributed by atoms with E-state index in [-0.39, 0.29) is 11.3 Å². The fraction of sp³-hybridized carbons (Fsp3) is 0.643. The molecule has 1 aliphatic heterocycles. The first-order valence-electron chi connectivity index (χ1n) is 7.55. The molecule has 1 saturated carbocycles. The average molecular weight is 349 g/mol. The fourth-order valence-electron chi connectivity index (χ4n) is 2.79. The number of anilines is 1. The topological polar surface area (TPSA) is 62.3 Å². The van der Waals surface area contributed by atoms with Crippen LogP contribution < -0.4 is 9.62 Å². The minimum absolute atomic E-state index is 0.267. The number of aromatic nitrogens is 1. The van der Waals surface area contributed by atoms with Crippen LogP contribution in [0.5, 0.6) is 0 Å². The van der Waals surface area contributed by atoms with Gasteiger partial charge in [-0.1, -0.05) is 0 Å².